The first-order valence-electron chi connectivity index (χ1n) is 7.75. The van der Waals surface area contributed by atoms with Crippen molar-refractivity contribution in [3.63, 3.8) is 0 Å². The predicted octanol–water partition coefficient (Wildman–Crippen LogP) is 4.44. The molecule has 0 amide bonds. The highest BCUT2D eigenvalue weighted by Crippen LogP contribution is 2.32. The largest absolute Gasteiger partial charge is 0.490 e. The molecule has 2 heteroatoms. The molecule has 0 aliphatic heterocycles. The predicted molar refractivity (Wildman–Crippen MR) is 80.3 cm³/mol. The summed E-state index contributed by atoms with van der Waals surface area (Å²) >= 11 is 0. The van der Waals surface area contributed by atoms with Crippen LogP contribution in [0.3, 0.4) is 0 Å². The van der Waals surface area contributed by atoms with E-state index in [1.165, 1.54) is 32.1 Å². The zero-order valence-electron chi connectivity index (χ0n) is 12.3. The summed E-state index contributed by atoms with van der Waals surface area (Å²) in [6.07, 6.45) is 7.63. The minimum Gasteiger partial charge on any atom is -0.490 e. The monoisotopic (exact) mass is 261 g/mol. The van der Waals surface area contributed by atoms with Crippen LogP contribution in [0, 0.1) is 5.92 Å². The van der Waals surface area contributed by atoms with Crippen LogP contribution in [-0.2, 0) is 0 Å². The molecule has 1 aromatic rings. The van der Waals surface area contributed by atoms with Gasteiger partial charge in [0.25, 0.3) is 0 Å². The van der Waals surface area contributed by atoms with E-state index in [2.05, 4.69) is 26.0 Å². The maximum Gasteiger partial charge on any atom is 0.124 e. The summed E-state index contributed by atoms with van der Waals surface area (Å²) in [5.74, 6) is 1.91. The molecule has 1 atom stereocenters. The molecule has 19 heavy (non-hydrogen) atoms. The highest BCUT2D eigenvalue weighted by molar-refractivity contribution is 5.35. The van der Waals surface area contributed by atoms with Gasteiger partial charge in [-0.05, 0) is 44.1 Å². The second kappa shape index (κ2) is 6.95. The molecule has 0 heterocycles. The van der Waals surface area contributed by atoms with Crippen molar-refractivity contribution in [2.75, 3.05) is 0 Å². The lowest BCUT2D eigenvalue weighted by atomic mass is 9.86. The van der Waals surface area contributed by atoms with Crippen LogP contribution in [0.5, 0.6) is 5.75 Å². The standard InChI is InChI=1S/C17H27NO/c1-3-13-9-11-14(12-10-13)19-17-8-6-5-7-15(17)16(18)4-2/h5-8,13-14,16H,3-4,9-12,18H2,1-2H3/t13?,14?,16-/m0/s1. The van der Waals surface area contributed by atoms with Gasteiger partial charge < -0.3 is 10.5 Å². The Balaban J connectivity index is 1.99. The Labute approximate surface area is 117 Å². The SMILES string of the molecule is CCC1CCC(Oc2ccccc2[C@@H](N)CC)CC1. The molecule has 106 valence electrons. The van der Waals surface area contributed by atoms with Crippen LogP contribution in [-0.4, -0.2) is 6.10 Å². The van der Waals surface area contributed by atoms with E-state index >= 15 is 0 Å². The molecule has 1 aliphatic carbocycles. The average molecular weight is 261 g/mol. The van der Waals surface area contributed by atoms with Crippen LogP contribution < -0.4 is 10.5 Å². The number of hydrogen-bond donors (Lipinski definition) is 1. The zero-order chi connectivity index (χ0) is 13.7. The third-order valence-electron chi connectivity index (χ3n) is 4.42. The number of para-hydroxylation sites is 1. The van der Waals surface area contributed by atoms with E-state index in [9.17, 15) is 0 Å². The van der Waals surface area contributed by atoms with Gasteiger partial charge in [0, 0.05) is 11.6 Å². The minimum absolute atomic E-state index is 0.0863. The van der Waals surface area contributed by atoms with Gasteiger partial charge >= 0.3 is 0 Å². The summed E-state index contributed by atoms with van der Waals surface area (Å²) < 4.78 is 6.22. The second-order valence-electron chi connectivity index (χ2n) is 5.72. The molecule has 0 aromatic heterocycles. The Kier molecular flexibility index (Phi) is 5.26. The Morgan fingerprint density at radius 1 is 1.16 bits per heavy atom. The van der Waals surface area contributed by atoms with E-state index in [-0.39, 0.29) is 6.04 Å². The summed E-state index contributed by atoms with van der Waals surface area (Å²) in [4.78, 5) is 0. The van der Waals surface area contributed by atoms with Crippen LogP contribution in [0.1, 0.15) is 64.0 Å². The van der Waals surface area contributed by atoms with E-state index in [4.69, 9.17) is 10.5 Å². The van der Waals surface area contributed by atoms with Crippen molar-refractivity contribution in [1.82, 2.24) is 0 Å². The van der Waals surface area contributed by atoms with E-state index in [0.29, 0.717) is 6.10 Å². The van der Waals surface area contributed by atoms with Crippen LogP contribution in [0.25, 0.3) is 0 Å². The molecule has 1 aromatic carbocycles. The van der Waals surface area contributed by atoms with Gasteiger partial charge in [-0.2, -0.15) is 0 Å². The van der Waals surface area contributed by atoms with Gasteiger partial charge in [0.05, 0.1) is 6.10 Å². The molecule has 2 rings (SSSR count). The smallest absolute Gasteiger partial charge is 0.124 e. The van der Waals surface area contributed by atoms with Gasteiger partial charge in [-0.25, -0.2) is 0 Å². The molecule has 0 spiro atoms. The number of hydrogen-bond acceptors (Lipinski definition) is 2. The van der Waals surface area contributed by atoms with Gasteiger partial charge in [-0.1, -0.05) is 38.5 Å². The molecular formula is C17H27NO. The number of nitrogens with two attached hydrogens (primary N) is 1. The van der Waals surface area contributed by atoms with Crippen molar-refractivity contribution in [2.45, 2.75) is 64.5 Å². The van der Waals surface area contributed by atoms with Crippen molar-refractivity contribution in [3.05, 3.63) is 29.8 Å². The lowest BCUT2D eigenvalue weighted by Crippen LogP contribution is -2.25. The Bertz CT molecular complexity index is 383. The van der Waals surface area contributed by atoms with Crippen molar-refractivity contribution in [1.29, 1.82) is 0 Å². The summed E-state index contributed by atoms with van der Waals surface area (Å²) in [6.45, 7) is 4.41. The van der Waals surface area contributed by atoms with E-state index in [1.54, 1.807) is 0 Å². The molecule has 0 unspecified atom stereocenters. The lowest BCUT2D eigenvalue weighted by molar-refractivity contribution is 0.128. The average Bonchev–Trinajstić information content (AvgIpc) is 2.48. The Hall–Kier alpha value is -1.02. The maximum absolute atomic E-state index is 6.22. The fourth-order valence-electron chi connectivity index (χ4n) is 2.95. The molecule has 0 radical (unpaired) electrons. The molecular weight excluding hydrogens is 234 g/mol. The number of ether oxygens (including phenoxy) is 1. The van der Waals surface area contributed by atoms with Crippen LogP contribution in [0.4, 0.5) is 0 Å². The van der Waals surface area contributed by atoms with Gasteiger partial charge in [0.15, 0.2) is 0 Å². The third kappa shape index (κ3) is 3.73. The molecule has 0 saturated heterocycles. The summed E-state index contributed by atoms with van der Waals surface area (Å²) in [5.41, 5.74) is 7.32. The normalized spacial score (nSPS) is 25.0. The van der Waals surface area contributed by atoms with Gasteiger partial charge in [-0.15, -0.1) is 0 Å². The number of rotatable bonds is 5. The first-order chi connectivity index (χ1) is 9.24. The van der Waals surface area contributed by atoms with Crippen LogP contribution >= 0.6 is 0 Å². The first kappa shape index (κ1) is 14.4. The van der Waals surface area contributed by atoms with Crippen molar-refractivity contribution in [3.8, 4) is 5.75 Å². The number of benzene rings is 1. The summed E-state index contributed by atoms with van der Waals surface area (Å²) in [5, 5.41) is 0. The summed E-state index contributed by atoms with van der Waals surface area (Å²) in [7, 11) is 0. The second-order valence-corrected chi connectivity index (χ2v) is 5.72. The van der Waals surface area contributed by atoms with Gasteiger partial charge in [-0.3, -0.25) is 0 Å². The highest BCUT2D eigenvalue weighted by Gasteiger charge is 2.22. The summed E-state index contributed by atoms with van der Waals surface area (Å²) in [6, 6.07) is 8.34. The third-order valence-corrected chi connectivity index (χ3v) is 4.42. The van der Waals surface area contributed by atoms with Crippen LogP contribution in [0.2, 0.25) is 0 Å². The fraction of sp³-hybridized carbons (Fsp3) is 0.647. The van der Waals surface area contributed by atoms with Crippen molar-refractivity contribution in [2.24, 2.45) is 11.7 Å². The lowest BCUT2D eigenvalue weighted by Gasteiger charge is -2.29. The molecule has 1 saturated carbocycles. The van der Waals surface area contributed by atoms with E-state index in [1.807, 2.05) is 12.1 Å². The van der Waals surface area contributed by atoms with Crippen molar-refractivity contribution >= 4 is 0 Å². The van der Waals surface area contributed by atoms with E-state index in [0.717, 1.165) is 23.7 Å². The minimum atomic E-state index is 0.0863. The molecule has 2 nitrogen and oxygen atoms in total. The highest BCUT2D eigenvalue weighted by atomic mass is 16.5. The quantitative estimate of drug-likeness (QED) is 0.850. The van der Waals surface area contributed by atoms with Crippen LogP contribution in [0.15, 0.2) is 24.3 Å². The molecule has 1 aliphatic rings. The molecule has 2 N–H and O–H groups in total. The van der Waals surface area contributed by atoms with Crippen molar-refractivity contribution < 1.29 is 4.74 Å². The zero-order valence-corrected chi connectivity index (χ0v) is 12.3. The fourth-order valence-corrected chi connectivity index (χ4v) is 2.95. The van der Waals surface area contributed by atoms with E-state index < -0.39 is 0 Å². The Morgan fingerprint density at radius 3 is 2.47 bits per heavy atom. The van der Waals surface area contributed by atoms with Gasteiger partial charge in [0.1, 0.15) is 5.75 Å². The molecule has 0 bridgehead atoms. The van der Waals surface area contributed by atoms with Gasteiger partial charge in [0.2, 0.25) is 0 Å². The molecule has 1 fully saturated rings. The Morgan fingerprint density at radius 2 is 1.84 bits per heavy atom. The maximum atomic E-state index is 6.22. The topological polar surface area (TPSA) is 35.2 Å². The first-order valence-corrected chi connectivity index (χ1v) is 7.75.